The van der Waals surface area contributed by atoms with E-state index in [1.54, 1.807) is 6.92 Å². The van der Waals surface area contributed by atoms with Gasteiger partial charge in [0.05, 0.1) is 6.61 Å². The molecule has 0 aliphatic carbocycles. The summed E-state index contributed by atoms with van der Waals surface area (Å²) in [6, 6.07) is 3.12. The lowest BCUT2D eigenvalue weighted by molar-refractivity contribution is 0.0915. The zero-order valence-electron chi connectivity index (χ0n) is 8.20. The summed E-state index contributed by atoms with van der Waals surface area (Å²) in [5.74, 6) is -1.96. The Morgan fingerprint density at radius 2 is 2.27 bits per heavy atom. The van der Waals surface area contributed by atoms with Crippen LogP contribution in [0.25, 0.3) is 0 Å². The highest BCUT2D eigenvalue weighted by atomic mass is 19.1. The molecule has 1 amide bonds. The number of phenols is 1. The topological polar surface area (TPSA) is 69.6 Å². The van der Waals surface area contributed by atoms with Gasteiger partial charge in [0, 0.05) is 6.04 Å². The Morgan fingerprint density at radius 1 is 1.60 bits per heavy atom. The summed E-state index contributed by atoms with van der Waals surface area (Å²) in [5.41, 5.74) is -0.405. The van der Waals surface area contributed by atoms with E-state index in [1.807, 2.05) is 0 Å². The molecule has 0 saturated carbocycles. The zero-order valence-corrected chi connectivity index (χ0v) is 8.20. The van der Waals surface area contributed by atoms with Crippen molar-refractivity contribution in [2.45, 2.75) is 13.0 Å². The Morgan fingerprint density at radius 3 is 2.80 bits per heavy atom. The minimum absolute atomic E-state index is 0.249. The first-order valence-corrected chi connectivity index (χ1v) is 4.45. The molecule has 0 aliphatic rings. The molecule has 0 spiro atoms. The van der Waals surface area contributed by atoms with E-state index in [9.17, 15) is 14.3 Å². The standard InChI is InChI=1S/C10H12FNO3/c1-6(5-13)12-10(15)9-7(11)3-2-4-8(9)14/h2-4,6,13-14H,5H2,1H3,(H,12,15). The van der Waals surface area contributed by atoms with E-state index < -0.39 is 29.1 Å². The van der Waals surface area contributed by atoms with Gasteiger partial charge in [-0.05, 0) is 19.1 Å². The van der Waals surface area contributed by atoms with Crippen LogP contribution in [-0.2, 0) is 0 Å². The van der Waals surface area contributed by atoms with Gasteiger partial charge >= 0.3 is 0 Å². The molecule has 1 atom stereocenters. The fraction of sp³-hybridized carbons (Fsp3) is 0.300. The lowest BCUT2D eigenvalue weighted by Gasteiger charge is -2.11. The van der Waals surface area contributed by atoms with Crippen LogP contribution < -0.4 is 5.32 Å². The first-order chi connectivity index (χ1) is 7.06. The van der Waals surface area contributed by atoms with Crippen LogP contribution in [0.4, 0.5) is 4.39 Å². The summed E-state index contributed by atoms with van der Waals surface area (Å²) in [4.78, 5) is 11.4. The third kappa shape index (κ3) is 2.66. The van der Waals surface area contributed by atoms with E-state index in [2.05, 4.69) is 5.32 Å². The first-order valence-electron chi connectivity index (χ1n) is 4.45. The van der Waals surface area contributed by atoms with Crippen molar-refractivity contribution in [2.75, 3.05) is 6.61 Å². The van der Waals surface area contributed by atoms with Gasteiger partial charge in [0.2, 0.25) is 0 Å². The SMILES string of the molecule is CC(CO)NC(=O)c1c(O)cccc1F. The van der Waals surface area contributed by atoms with Gasteiger partial charge in [-0.2, -0.15) is 0 Å². The number of aliphatic hydroxyl groups is 1. The summed E-state index contributed by atoms with van der Waals surface area (Å²) >= 11 is 0. The Labute approximate surface area is 86.4 Å². The maximum atomic E-state index is 13.2. The van der Waals surface area contributed by atoms with Crippen molar-refractivity contribution >= 4 is 5.91 Å². The summed E-state index contributed by atoms with van der Waals surface area (Å²) in [6.45, 7) is 1.32. The highest BCUT2D eigenvalue weighted by Crippen LogP contribution is 2.19. The van der Waals surface area contributed by atoms with Gasteiger partial charge in [0.25, 0.3) is 5.91 Å². The van der Waals surface area contributed by atoms with Crippen molar-refractivity contribution in [1.82, 2.24) is 5.32 Å². The molecule has 5 heteroatoms. The van der Waals surface area contributed by atoms with Crippen molar-refractivity contribution in [1.29, 1.82) is 0 Å². The van der Waals surface area contributed by atoms with E-state index >= 15 is 0 Å². The Kier molecular flexibility index (Phi) is 3.62. The summed E-state index contributed by atoms with van der Waals surface area (Å²) in [6.07, 6.45) is 0. The summed E-state index contributed by atoms with van der Waals surface area (Å²) in [7, 11) is 0. The minimum Gasteiger partial charge on any atom is -0.507 e. The molecule has 0 aromatic heterocycles. The number of hydrogen-bond donors (Lipinski definition) is 3. The number of carbonyl (C=O) groups is 1. The predicted octanol–water partition coefficient (Wildman–Crippen LogP) is 0.642. The van der Waals surface area contributed by atoms with E-state index in [4.69, 9.17) is 5.11 Å². The number of nitrogens with one attached hydrogen (secondary N) is 1. The monoisotopic (exact) mass is 213 g/mol. The van der Waals surface area contributed by atoms with Gasteiger partial charge in [-0.1, -0.05) is 6.07 Å². The number of rotatable bonds is 3. The molecular weight excluding hydrogens is 201 g/mol. The number of halogens is 1. The minimum atomic E-state index is -0.794. The van der Waals surface area contributed by atoms with Crippen molar-refractivity contribution in [3.05, 3.63) is 29.6 Å². The molecule has 15 heavy (non-hydrogen) atoms. The van der Waals surface area contributed by atoms with Gasteiger partial charge in [-0.15, -0.1) is 0 Å². The largest absolute Gasteiger partial charge is 0.507 e. The second kappa shape index (κ2) is 4.75. The van der Waals surface area contributed by atoms with Crippen molar-refractivity contribution in [2.24, 2.45) is 0 Å². The van der Waals surface area contributed by atoms with Crippen LogP contribution in [0.2, 0.25) is 0 Å². The lowest BCUT2D eigenvalue weighted by Crippen LogP contribution is -2.35. The van der Waals surface area contributed by atoms with Gasteiger partial charge in [0.1, 0.15) is 17.1 Å². The van der Waals surface area contributed by atoms with E-state index in [0.717, 1.165) is 6.07 Å². The second-order valence-corrected chi connectivity index (χ2v) is 3.19. The molecule has 4 nitrogen and oxygen atoms in total. The molecule has 1 unspecified atom stereocenters. The fourth-order valence-corrected chi connectivity index (χ4v) is 1.08. The Balaban J connectivity index is 2.91. The number of carbonyl (C=O) groups excluding carboxylic acids is 1. The van der Waals surface area contributed by atoms with E-state index in [1.165, 1.54) is 12.1 Å². The number of aromatic hydroxyl groups is 1. The molecule has 1 aromatic rings. The van der Waals surface area contributed by atoms with Crippen LogP contribution in [0.3, 0.4) is 0 Å². The molecule has 0 heterocycles. The smallest absolute Gasteiger partial charge is 0.258 e. The number of aliphatic hydroxyl groups excluding tert-OH is 1. The molecule has 1 aromatic carbocycles. The third-order valence-corrected chi connectivity index (χ3v) is 1.87. The maximum Gasteiger partial charge on any atom is 0.258 e. The van der Waals surface area contributed by atoms with Gasteiger partial charge in [0.15, 0.2) is 0 Å². The molecule has 3 N–H and O–H groups in total. The zero-order chi connectivity index (χ0) is 11.4. The molecule has 82 valence electrons. The Bertz CT molecular complexity index is 347. The quantitative estimate of drug-likeness (QED) is 0.690. The average molecular weight is 213 g/mol. The van der Waals surface area contributed by atoms with Gasteiger partial charge in [-0.25, -0.2) is 4.39 Å². The maximum absolute atomic E-state index is 13.2. The third-order valence-electron chi connectivity index (χ3n) is 1.87. The highest BCUT2D eigenvalue weighted by molar-refractivity contribution is 5.97. The summed E-state index contributed by atoms with van der Waals surface area (Å²) in [5, 5.41) is 20.3. The number of phenolic OH excluding ortho intramolecular Hbond substituents is 1. The number of amides is 1. The van der Waals surface area contributed by atoms with Crippen molar-refractivity contribution < 1.29 is 19.4 Å². The van der Waals surface area contributed by atoms with Crippen LogP contribution in [0.5, 0.6) is 5.75 Å². The predicted molar refractivity (Wildman–Crippen MR) is 52.1 cm³/mol. The van der Waals surface area contributed by atoms with Crippen LogP contribution in [0.1, 0.15) is 17.3 Å². The summed E-state index contributed by atoms with van der Waals surface area (Å²) < 4.78 is 13.2. The molecule has 0 fully saturated rings. The molecule has 0 bridgehead atoms. The first kappa shape index (κ1) is 11.5. The van der Waals surface area contributed by atoms with Crippen molar-refractivity contribution in [3.8, 4) is 5.75 Å². The van der Waals surface area contributed by atoms with E-state index in [-0.39, 0.29) is 6.61 Å². The highest BCUT2D eigenvalue weighted by Gasteiger charge is 2.17. The van der Waals surface area contributed by atoms with Crippen LogP contribution >= 0.6 is 0 Å². The van der Waals surface area contributed by atoms with Gasteiger partial charge < -0.3 is 15.5 Å². The van der Waals surface area contributed by atoms with Crippen molar-refractivity contribution in [3.63, 3.8) is 0 Å². The molecule has 0 aliphatic heterocycles. The average Bonchev–Trinajstić information content (AvgIpc) is 2.17. The molecule has 1 rings (SSSR count). The molecule has 0 saturated heterocycles. The van der Waals surface area contributed by atoms with Crippen LogP contribution in [-0.4, -0.2) is 28.8 Å². The number of hydrogen-bond acceptors (Lipinski definition) is 3. The Hall–Kier alpha value is -1.62. The lowest BCUT2D eigenvalue weighted by atomic mass is 10.1. The van der Waals surface area contributed by atoms with Crippen LogP contribution in [0.15, 0.2) is 18.2 Å². The van der Waals surface area contributed by atoms with Crippen LogP contribution in [0, 0.1) is 5.82 Å². The normalized spacial score (nSPS) is 12.2. The molecule has 0 radical (unpaired) electrons. The van der Waals surface area contributed by atoms with E-state index in [0.29, 0.717) is 0 Å². The second-order valence-electron chi connectivity index (χ2n) is 3.19. The fourth-order valence-electron chi connectivity index (χ4n) is 1.08. The number of benzene rings is 1. The van der Waals surface area contributed by atoms with Gasteiger partial charge in [-0.3, -0.25) is 4.79 Å². The molecular formula is C10H12FNO3.